The highest BCUT2D eigenvalue weighted by Gasteiger charge is 2.19. The molecule has 3 nitrogen and oxygen atoms in total. The molecule has 1 N–H and O–H groups in total. The molecule has 0 aliphatic carbocycles. The molecular weight excluding hydrogens is 422 g/mol. The molecule has 18 heavy (non-hydrogen) atoms. The lowest BCUT2D eigenvalue weighted by Gasteiger charge is -2.05. The molecule has 0 radical (unpaired) electrons. The molecule has 0 amide bonds. The van der Waals surface area contributed by atoms with Crippen molar-refractivity contribution < 1.29 is 8.42 Å². The minimum Gasteiger partial charge on any atom is -0.207 e. The van der Waals surface area contributed by atoms with Gasteiger partial charge in [-0.25, -0.2) is 13.1 Å². The van der Waals surface area contributed by atoms with Gasteiger partial charge in [0, 0.05) is 20.8 Å². The van der Waals surface area contributed by atoms with E-state index in [1.807, 2.05) is 11.4 Å². The average molecular weight is 431 g/mol. The zero-order valence-electron chi connectivity index (χ0n) is 9.24. The lowest BCUT2D eigenvalue weighted by Crippen LogP contribution is -2.23. The summed E-state index contributed by atoms with van der Waals surface area (Å²) in [6.45, 7) is 2.10. The Balaban J connectivity index is 2.18. The van der Waals surface area contributed by atoms with Crippen molar-refractivity contribution in [2.45, 2.75) is 18.4 Å². The maximum Gasteiger partial charge on any atom is 0.242 e. The first kappa shape index (κ1) is 14.7. The van der Waals surface area contributed by atoms with Crippen LogP contribution < -0.4 is 4.72 Å². The van der Waals surface area contributed by atoms with Crippen LogP contribution >= 0.6 is 54.5 Å². The van der Waals surface area contributed by atoms with Gasteiger partial charge in [0.25, 0.3) is 0 Å². The van der Waals surface area contributed by atoms with Crippen molar-refractivity contribution in [1.82, 2.24) is 4.72 Å². The molecule has 0 spiro atoms. The molecule has 2 aromatic rings. The summed E-state index contributed by atoms with van der Waals surface area (Å²) in [6.07, 6.45) is 0. The van der Waals surface area contributed by atoms with E-state index in [1.54, 1.807) is 13.0 Å². The minimum absolute atomic E-state index is 0.299. The van der Waals surface area contributed by atoms with Crippen LogP contribution in [0.15, 0.2) is 30.7 Å². The van der Waals surface area contributed by atoms with E-state index in [9.17, 15) is 8.42 Å². The van der Waals surface area contributed by atoms with E-state index < -0.39 is 10.0 Å². The number of thiophene rings is 2. The third-order valence-electron chi connectivity index (χ3n) is 2.25. The Labute approximate surface area is 131 Å². The van der Waals surface area contributed by atoms with E-state index in [0.29, 0.717) is 11.4 Å². The number of hydrogen-bond acceptors (Lipinski definition) is 4. The van der Waals surface area contributed by atoms with Crippen LogP contribution in [0.2, 0.25) is 0 Å². The van der Waals surface area contributed by atoms with Crippen LogP contribution in [0.4, 0.5) is 0 Å². The van der Waals surface area contributed by atoms with Crippen LogP contribution in [0.5, 0.6) is 0 Å². The molecule has 98 valence electrons. The number of sulfonamides is 1. The molecule has 0 aliphatic rings. The van der Waals surface area contributed by atoms with Gasteiger partial charge in [-0.2, -0.15) is 0 Å². The fraction of sp³-hybridized carbons (Fsp3) is 0.200. The van der Waals surface area contributed by atoms with Gasteiger partial charge in [0.05, 0.1) is 8.68 Å². The third-order valence-corrected chi connectivity index (χ3v) is 7.38. The largest absolute Gasteiger partial charge is 0.242 e. The maximum atomic E-state index is 12.1. The summed E-state index contributed by atoms with van der Waals surface area (Å²) < 4.78 is 28.6. The summed E-state index contributed by atoms with van der Waals surface area (Å²) >= 11 is 9.60. The molecule has 8 heteroatoms. The van der Waals surface area contributed by atoms with Crippen LogP contribution in [0.3, 0.4) is 0 Å². The number of hydrogen-bond donors (Lipinski definition) is 1. The highest BCUT2D eigenvalue weighted by atomic mass is 79.9. The Hall–Kier alpha value is 0.270. The zero-order chi connectivity index (χ0) is 13.3. The first-order valence-electron chi connectivity index (χ1n) is 4.87. The van der Waals surface area contributed by atoms with Crippen molar-refractivity contribution in [3.63, 3.8) is 0 Å². The van der Waals surface area contributed by atoms with Gasteiger partial charge < -0.3 is 0 Å². The first-order chi connectivity index (χ1) is 8.40. The molecule has 0 saturated carbocycles. The van der Waals surface area contributed by atoms with Gasteiger partial charge in [-0.1, -0.05) is 0 Å². The smallest absolute Gasteiger partial charge is 0.207 e. The topological polar surface area (TPSA) is 46.2 Å². The van der Waals surface area contributed by atoms with Crippen molar-refractivity contribution in [1.29, 1.82) is 0 Å². The number of aryl methyl sites for hydroxylation is 1. The van der Waals surface area contributed by atoms with E-state index in [-0.39, 0.29) is 0 Å². The second-order valence-electron chi connectivity index (χ2n) is 3.49. The second kappa shape index (κ2) is 5.72. The number of rotatable bonds is 4. The first-order valence-corrected chi connectivity index (χ1v) is 9.64. The van der Waals surface area contributed by atoms with Crippen molar-refractivity contribution in [3.05, 3.63) is 35.5 Å². The summed E-state index contributed by atoms with van der Waals surface area (Å²) in [6, 6.07) is 3.53. The van der Waals surface area contributed by atoms with E-state index in [4.69, 9.17) is 0 Å². The van der Waals surface area contributed by atoms with E-state index in [1.165, 1.54) is 22.7 Å². The lowest BCUT2D eigenvalue weighted by atomic mass is 10.5. The molecule has 0 fully saturated rings. The van der Waals surface area contributed by atoms with Crippen LogP contribution in [0.1, 0.15) is 9.75 Å². The Morgan fingerprint density at radius 2 is 2.11 bits per heavy atom. The van der Waals surface area contributed by atoms with Gasteiger partial charge in [-0.15, -0.1) is 22.7 Å². The fourth-order valence-electron chi connectivity index (χ4n) is 1.39. The Bertz CT molecular complexity index is 660. The summed E-state index contributed by atoms with van der Waals surface area (Å²) in [4.78, 5) is 2.08. The molecular formula is C10H9Br2NO2S3. The molecule has 0 aromatic carbocycles. The van der Waals surface area contributed by atoms with E-state index >= 15 is 0 Å². The molecule has 2 heterocycles. The Morgan fingerprint density at radius 1 is 1.39 bits per heavy atom. The van der Waals surface area contributed by atoms with Crippen molar-refractivity contribution in [2.75, 3.05) is 0 Å². The molecule has 0 atom stereocenters. The third kappa shape index (κ3) is 3.23. The van der Waals surface area contributed by atoms with Crippen LogP contribution in [0, 0.1) is 6.92 Å². The van der Waals surface area contributed by atoms with Gasteiger partial charge in [-0.05, 0) is 56.3 Å². The predicted octanol–water partition coefficient (Wildman–Crippen LogP) is 4.12. The van der Waals surface area contributed by atoms with Gasteiger partial charge in [0.15, 0.2) is 0 Å². The second-order valence-corrected chi connectivity index (χ2v) is 9.71. The SMILES string of the molecule is Cc1sc(Br)cc1S(=O)(=O)NCc1sccc1Br. The van der Waals surface area contributed by atoms with Crippen LogP contribution in [0.25, 0.3) is 0 Å². The van der Waals surface area contributed by atoms with Gasteiger partial charge in [0.1, 0.15) is 0 Å². The van der Waals surface area contributed by atoms with E-state index in [0.717, 1.165) is 18.0 Å². The quantitative estimate of drug-likeness (QED) is 0.792. The zero-order valence-corrected chi connectivity index (χ0v) is 14.9. The monoisotopic (exact) mass is 429 g/mol. The summed E-state index contributed by atoms with van der Waals surface area (Å²) in [5, 5.41) is 1.92. The molecule has 2 aromatic heterocycles. The van der Waals surface area contributed by atoms with Gasteiger partial charge in [0.2, 0.25) is 10.0 Å². The minimum atomic E-state index is -3.45. The highest BCUT2D eigenvalue weighted by Crippen LogP contribution is 2.30. The van der Waals surface area contributed by atoms with Crippen molar-refractivity contribution >= 4 is 64.6 Å². The summed E-state index contributed by atoms with van der Waals surface area (Å²) in [7, 11) is -3.45. The number of halogens is 2. The fourth-order valence-corrected chi connectivity index (χ4v) is 6.32. The van der Waals surface area contributed by atoms with Crippen molar-refractivity contribution in [3.8, 4) is 0 Å². The van der Waals surface area contributed by atoms with E-state index in [2.05, 4.69) is 36.6 Å². The molecule has 0 bridgehead atoms. The maximum absolute atomic E-state index is 12.1. The molecule has 0 saturated heterocycles. The molecule has 0 aliphatic heterocycles. The highest BCUT2D eigenvalue weighted by molar-refractivity contribution is 9.11. The van der Waals surface area contributed by atoms with Gasteiger partial charge in [-0.3, -0.25) is 0 Å². The van der Waals surface area contributed by atoms with Gasteiger partial charge >= 0.3 is 0 Å². The summed E-state index contributed by atoms with van der Waals surface area (Å²) in [5.41, 5.74) is 0. The standard InChI is InChI=1S/C10H9Br2NO2S3/c1-6-9(4-10(12)17-6)18(14,15)13-5-8-7(11)2-3-16-8/h2-4,13H,5H2,1H3. The Kier molecular flexibility index (Phi) is 4.66. The van der Waals surface area contributed by atoms with Crippen molar-refractivity contribution in [2.24, 2.45) is 0 Å². The Morgan fingerprint density at radius 3 is 2.61 bits per heavy atom. The number of nitrogens with one attached hydrogen (secondary N) is 1. The van der Waals surface area contributed by atoms with Crippen LogP contribution in [-0.2, 0) is 16.6 Å². The predicted molar refractivity (Wildman–Crippen MR) is 82.8 cm³/mol. The summed E-state index contributed by atoms with van der Waals surface area (Å²) in [5.74, 6) is 0. The molecule has 0 unspecified atom stereocenters. The molecule has 2 rings (SSSR count). The normalized spacial score (nSPS) is 11.9. The van der Waals surface area contributed by atoms with Crippen LogP contribution in [-0.4, -0.2) is 8.42 Å². The average Bonchev–Trinajstić information content (AvgIpc) is 2.82. The lowest BCUT2D eigenvalue weighted by molar-refractivity contribution is 0.581.